The molecule has 2 aromatic carbocycles. The van der Waals surface area contributed by atoms with Crippen LogP contribution < -0.4 is 22.9 Å². The molecule has 2 rings (SSSR count). The Morgan fingerprint density at radius 3 is 1.09 bits per heavy atom. The third kappa shape index (κ3) is 20.0. The molecule has 1 radical (unpaired) electrons. The first kappa shape index (κ1) is 54.8. The number of alkyl halides is 3. The zero-order chi connectivity index (χ0) is 34.4. The Morgan fingerprint density at radius 2 is 0.884 bits per heavy atom. The second-order valence-electron chi connectivity index (χ2n) is 5.95. The Labute approximate surface area is 411 Å². The molecule has 0 heterocycles. The van der Waals surface area contributed by atoms with E-state index in [1.165, 1.54) is 0 Å². The van der Waals surface area contributed by atoms with Crippen molar-refractivity contribution < 1.29 is 47.0 Å². The van der Waals surface area contributed by atoms with E-state index in [2.05, 4.69) is 94.1 Å². The van der Waals surface area contributed by atoms with Crippen LogP contribution in [-0.4, -0.2) is 32.3 Å². The van der Waals surface area contributed by atoms with Crippen molar-refractivity contribution in [3.8, 4) is 0 Å². The summed E-state index contributed by atoms with van der Waals surface area (Å²) in [6.45, 7) is 0. The molecule has 43 heavy (non-hydrogen) atoms. The molecular weight excluding hydrogens is 1830 g/mol. The summed E-state index contributed by atoms with van der Waals surface area (Å²) in [4.78, 5) is 48.1. The fourth-order valence-electron chi connectivity index (χ4n) is 2.16. The zero-order valence-electron chi connectivity index (χ0n) is 19.9. The summed E-state index contributed by atoms with van der Waals surface area (Å²) in [5.74, 6) is -2.44. The predicted molar refractivity (Wildman–Crippen MR) is 257 cm³/mol. The van der Waals surface area contributed by atoms with Crippen LogP contribution in [0, 0.1) is 26.4 Å². The first-order valence-electron chi connectivity index (χ1n) is 8.91. The van der Waals surface area contributed by atoms with Gasteiger partial charge in [0.1, 0.15) is -0.0619 Å². The Kier molecular flexibility index (Phi) is 36.4. The monoisotopic (exact) mass is 1840 g/mol. The van der Waals surface area contributed by atoms with E-state index in [4.69, 9.17) is 43.9 Å². The van der Waals surface area contributed by atoms with Crippen molar-refractivity contribution in [1.29, 1.82) is 0 Å². The number of carboxylic acids is 1. The molecule has 9 N–H and O–H groups in total. The van der Waals surface area contributed by atoms with E-state index in [-0.39, 0.29) is 46.5 Å². The number of primary amides is 2. The molecule has 2 aromatic rings. The minimum absolute atomic E-state index is 0. The number of nitrogens with two attached hydrogens (primary N) is 4. The number of carboxylic acid groups (broad SMARTS) is 1. The Morgan fingerprint density at radius 1 is 0.674 bits per heavy atom. The summed E-state index contributed by atoms with van der Waals surface area (Å²) in [5, 5.41) is 8.39. The average Bonchev–Trinajstić information content (AvgIpc) is 2.81. The maximum Gasteiger partial charge on any atom is 0.337 e. The molecule has 243 valence electrons. The topological polar surface area (TPSA) is 210 Å². The number of nitrogen functional groups attached to an aromatic ring is 2. The van der Waals surface area contributed by atoms with Crippen molar-refractivity contribution >= 4 is 303 Å². The molecular formula is C18H12Cl3I10N4O6SV-. The Balaban J connectivity index is -0.000000266. The molecule has 0 aliphatic rings. The molecule has 0 aliphatic heterocycles. The number of rotatable bonds is 4. The van der Waals surface area contributed by atoms with E-state index >= 15 is 0 Å². The van der Waals surface area contributed by atoms with Gasteiger partial charge in [-0.25, -0.2) is 9.00 Å². The molecule has 2 amide bonds. The molecule has 0 spiro atoms. The number of aromatic carboxylic acids is 1. The number of hydrogen-bond donors (Lipinski definition) is 5. The standard InChI is InChI=1S/C8H4ClI3N2O2.C8H5I3N2O3.CHI3.CH2I.Cl2OS.V/c9-7(15)1-3(10)2(8(14)16)5(12)6(13)4(1)11;9-3-1(7(13)14)4(10)6(12)5(11)2(3)8(15)16;2-1(3)4;1-2;1-4(2)3;/h13H2,(H2,14,16);12H2,(H2,13,14)(H,15,16);1H;1H2;;/q;;;-1;;. The van der Waals surface area contributed by atoms with Crippen molar-refractivity contribution in [2.24, 2.45) is 11.5 Å². The number of hydrogen-bond acceptors (Lipinski definition) is 7. The van der Waals surface area contributed by atoms with Crippen molar-refractivity contribution in [3.05, 3.63) is 48.6 Å². The smallest absolute Gasteiger partial charge is 0.337 e. The van der Waals surface area contributed by atoms with E-state index in [1.54, 1.807) is 22.6 Å². The van der Waals surface area contributed by atoms with Crippen LogP contribution in [0.15, 0.2) is 0 Å². The van der Waals surface area contributed by atoms with Gasteiger partial charge in [-0.15, -0.1) is 0 Å². The van der Waals surface area contributed by atoms with Crippen LogP contribution >= 0.6 is 259 Å². The van der Waals surface area contributed by atoms with Gasteiger partial charge in [-0.05, 0) is 147 Å². The third-order valence-corrected chi connectivity index (χ3v) is 10.4. The summed E-state index contributed by atoms with van der Waals surface area (Å²) in [6, 6.07) is 0. The second kappa shape index (κ2) is 28.6. The van der Waals surface area contributed by atoms with E-state index < -0.39 is 32.3 Å². The van der Waals surface area contributed by atoms with Crippen LogP contribution in [0.5, 0.6) is 0 Å². The number of halogens is 13. The van der Waals surface area contributed by atoms with Gasteiger partial charge in [-0.3, -0.25) is 19.3 Å². The fourth-order valence-corrected chi connectivity index (χ4v) is 11.0. The summed E-state index contributed by atoms with van der Waals surface area (Å²) in [6.07, 6.45) is 0. The van der Waals surface area contributed by atoms with Gasteiger partial charge in [0.25, 0.3) is 17.1 Å². The molecule has 0 unspecified atom stereocenters. The van der Waals surface area contributed by atoms with Gasteiger partial charge >= 0.3 is 5.97 Å². The molecule has 0 aliphatic carbocycles. The largest absolute Gasteiger partial charge is 0.478 e. The molecule has 10 nitrogen and oxygen atoms in total. The van der Waals surface area contributed by atoms with Crippen LogP contribution in [0.25, 0.3) is 0 Å². The van der Waals surface area contributed by atoms with E-state index in [0.29, 0.717) is 27.1 Å². The first-order valence-corrected chi connectivity index (χ1v) is 23.8. The van der Waals surface area contributed by atoms with Crippen molar-refractivity contribution in [3.63, 3.8) is 0 Å². The number of amides is 2. The van der Waals surface area contributed by atoms with Crippen molar-refractivity contribution in [2.75, 3.05) is 11.5 Å². The predicted octanol–water partition coefficient (Wildman–Crippen LogP) is 9.27. The quantitative estimate of drug-likeness (QED) is 0.0654. The fraction of sp³-hybridized carbons (Fsp3) is 0.0556. The maximum absolute atomic E-state index is 11.3. The molecule has 0 atom stereocenters. The molecule has 25 heteroatoms. The van der Waals surface area contributed by atoms with Gasteiger partial charge in [0.2, 0.25) is 9.23 Å². The summed E-state index contributed by atoms with van der Waals surface area (Å²) < 4.78 is 12.6. The van der Waals surface area contributed by atoms with Crippen LogP contribution in [0.4, 0.5) is 11.4 Å². The van der Waals surface area contributed by atoms with E-state index in [0.717, 1.165) is -0.0619 Å². The van der Waals surface area contributed by atoms with Gasteiger partial charge in [0.05, 0.1) is 47.9 Å². The summed E-state index contributed by atoms with van der Waals surface area (Å²) in [5.41, 5.74) is 23.2. The first-order chi connectivity index (χ1) is 19.0. The zero-order valence-corrected chi connectivity index (χ0v) is 45.9. The van der Waals surface area contributed by atoms with Gasteiger partial charge < -0.3 is 50.6 Å². The maximum atomic E-state index is 11.3. The van der Waals surface area contributed by atoms with Gasteiger partial charge in [0, 0.05) is 47.1 Å². The van der Waals surface area contributed by atoms with E-state index in [1.807, 2.05) is 136 Å². The average molecular weight is 1840 g/mol. The van der Waals surface area contributed by atoms with Gasteiger partial charge in [0.15, 0.2) is 0 Å². The number of carbonyl (C=O) groups excluding carboxylic acids is 3. The Bertz CT molecular complexity index is 1180. The molecule has 0 saturated carbocycles. The SMILES string of the molecule is IC(I)I.NC(=O)c1c(I)c(N)c(I)c(C(=O)Cl)c1I.NC(=O)c1c(I)c(N)c(I)c(C(=O)O)c1I.O=S(Cl)Cl.[CH2-]I.[V]. The number of benzene rings is 2. The normalized spacial score (nSPS) is 9.40. The second-order valence-corrected chi connectivity index (χ2v) is 26.2. The van der Waals surface area contributed by atoms with Crippen molar-refractivity contribution in [2.45, 2.75) is -0.0619 Å². The van der Waals surface area contributed by atoms with Gasteiger partial charge in [-0.1, -0.05) is 67.8 Å². The molecule has 0 fully saturated rings. The molecule has 0 aromatic heterocycles. The minimum Gasteiger partial charge on any atom is -0.478 e. The van der Waals surface area contributed by atoms with Crippen LogP contribution in [-0.2, 0) is 27.8 Å². The number of anilines is 2. The summed E-state index contributed by atoms with van der Waals surface area (Å²) in [7, 11) is 7.36. The van der Waals surface area contributed by atoms with Crippen LogP contribution in [0.3, 0.4) is 0 Å². The summed E-state index contributed by atoms with van der Waals surface area (Å²) >= 11 is 25.5. The van der Waals surface area contributed by atoms with Crippen LogP contribution in [0.2, 0.25) is 0 Å². The Hall–Kier alpha value is 5.02. The van der Waals surface area contributed by atoms with Crippen LogP contribution in [0.1, 0.15) is 41.4 Å². The minimum atomic E-state index is -1.67. The third-order valence-electron chi connectivity index (χ3n) is 3.61. The molecule has 0 bridgehead atoms. The van der Waals surface area contributed by atoms with E-state index in [9.17, 15) is 19.2 Å². The van der Waals surface area contributed by atoms with Gasteiger partial charge in [-0.2, -0.15) is 0 Å². The molecule has 0 saturated heterocycles. The van der Waals surface area contributed by atoms with Crippen molar-refractivity contribution in [1.82, 2.24) is 0 Å². The number of carbonyl (C=O) groups is 4.